The monoisotopic (exact) mass is 227 g/mol. The lowest BCUT2D eigenvalue weighted by atomic mass is 10.2. The van der Waals surface area contributed by atoms with Gasteiger partial charge in [-0.3, -0.25) is 4.98 Å². The maximum absolute atomic E-state index is 4.27. The number of nitrogens with zero attached hydrogens (tertiary/aromatic N) is 1. The second kappa shape index (κ2) is 6.13. The summed E-state index contributed by atoms with van der Waals surface area (Å²) in [4.78, 5) is 4.27. The fourth-order valence-electron chi connectivity index (χ4n) is 1.31. The van der Waals surface area contributed by atoms with Gasteiger partial charge in [0, 0.05) is 11.9 Å². The number of thioether (sulfide) groups is 1. The van der Waals surface area contributed by atoms with E-state index in [4.69, 9.17) is 0 Å². The van der Waals surface area contributed by atoms with Crippen molar-refractivity contribution in [2.75, 3.05) is 0 Å². The van der Waals surface area contributed by atoms with Gasteiger partial charge in [-0.15, -0.1) is 11.8 Å². The van der Waals surface area contributed by atoms with Gasteiger partial charge in [-0.1, -0.05) is 36.4 Å². The Balaban J connectivity index is 1.83. The average molecular weight is 227 g/mol. The van der Waals surface area contributed by atoms with Crippen LogP contribution in [0.25, 0.3) is 6.08 Å². The minimum Gasteiger partial charge on any atom is -0.260 e. The van der Waals surface area contributed by atoms with Crippen LogP contribution in [0.15, 0.2) is 60.1 Å². The zero-order valence-electron chi connectivity index (χ0n) is 8.91. The van der Waals surface area contributed by atoms with Crippen molar-refractivity contribution < 1.29 is 0 Å². The van der Waals surface area contributed by atoms with Gasteiger partial charge in [-0.2, -0.15) is 0 Å². The van der Waals surface area contributed by atoms with Gasteiger partial charge in [0.15, 0.2) is 0 Å². The van der Waals surface area contributed by atoms with Crippen molar-refractivity contribution in [1.82, 2.24) is 4.98 Å². The fraction of sp³-hybridized carbons (Fsp3) is 0.0714. The van der Waals surface area contributed by atoms with Gasteiger partial charge in [-0.05, 0) is 29.2 Å². The van der Waals surface area contributed by atoms with Crippen molar-refractivity contribution in [3.8, 4) is 0 Å². The van der Waals surface area contributed by atoms with Gasteiger partial charge in [0.05, 0.1) is 5.69 Å². The first-order valence-electron chi connectivity index (χ1n) is 5.18. The molecule has 2 rings (SSSR count). The Bertz CT molecular complexity index is 437. The van der Waals surface area contributed by atoms with Crippen LogP contribution in [-0.4, -0.2) is 4.98 Å². The predicted molar refractivity (Wildman–Crippen MR) is 71.0 cm³/mol. The van der Waals surface area contributed by atoms with Gasteiger partial charge < -0.3 is 0 Å². The van der Waals surface area contributed by atoms with Crippen molar-refractivity contribution in [2.24, 2.45) is 0 Å². The molecule has 1 aromatic heterocycles. The summed E-state index contributed by atoms with van der Waals surface area (Å²) in [7, 11) is 0. The van der Waals surface area contributed by atoms with Gasteiger partial charge in [-0.25, -0.2) is 0 Å². The van der Waals surface area contributed by atoms with Crippen molar-refractivity contribution in [1.29, 1.82) is 0 Å². The minimum absolute atomic E-state index is 0.921. The number of hydrogen-bond donors (Lipinski definition) is 0. The zero-order valence-corrected chi connectivity index (χ0v) is 9.73. The lowest BCUT2D eigenvalue weighted by Crippen LogP contribution is -1.82. The van der Waals surface area contributed by atoms with Crippen LogP contribution >= 0.6 is 11.8 Å². The maximum atomic E-state index is 4.27. The number of rotatable bonds is 4. The van der Waals surface area contributed by atoms with E-state index >= 15 is 0 Å². The molecule has 16 heavy (non-hydrogen) atoms. The van der Waals surface area contributed by atoms with Crippen LogP contribution in [-0.2, 0) is 5.75 Å². The highest BCUT2D eigenvalue weighted by molar-refractivity contribution is 8.01. The standard InChI is InChI=1S/C14H13NS/c1-2-6-13(7-3-1)9-11-16-12-14-8-4-5-10-15-14/h1-11H,12H2. The molecule has 0 N–H and O–H groups in total. The molecule has 0 saturated carbocycles. The molecule has 80 valence electrons. The Labute approximate surface area is 100 Å². The molecule has 1 heterocycles. The average Bonchev–Trinajstić information content (AvgIpc) is 2.37. The Morgan fingerprint density at radius 2 is 1.81 bits per heavy atom. The molecule has 0 amide bonds. The number of benzene rings is 1. The smallest absolute Gasteiger partial charge is 0.0506 e. The van der Waals surface area contributed by atoms with Crippen LogP contribution < -0.4 is 0 Å². The predicted octanol–water partition coefficient (Wildman–Crippen LogP) is 3.99. The molecular formula is C14H13NS. The third kappa shape index (κ3) is 3.55. The minimum atomic E-state index is 0.921. The molecule has 0 atom stereocenters. The Hall–Kier alpha value is -1.54. The Morgan fingerprint density at radius 3 is 2.56 bits per heavy atom. The Kier molecular flexibility index (Phi) is 4.20. The van der Waals surface area contributed by atoms with Crippen LogP contribution in [0.4, 0.5) is 0 Å². The van der Waals surface area contributed by atoms with Crippen molar-refractivity contribution >= 4 is 17.8 Å². The normalized spacial score (nSPS) is 10.8. The van der Waals surface area contributed by atoms with E-state index in [1.165, 1.54) is 5.56 Å². The molecule has 0 bridgehead atoms. The van der Waals surface area contributed by atoms with Crippen molar-refractivity contribution in [3.63, 3.8) is 0 Å². The summed E-state index contributed by atoms with van der Waals surface area (Å²) in [6, 6.07) is 16.3. The van der Waals surface area contributed by atoms with E-state index in [1.807, 2.05) is 42.6 Å². The van der Waals surface area contributed by atoms with E-state index in [0.29, 0.717) is 0 Å². The largest absolute Gasteiger partial charge is 0.260 e. The summed E-state index contributed by atoms with van der Waals surface area (Å²) in [6.45, 7) is 0. The SMILES string of the molecule is C(=Cc1ccccc1)SCc1ccccn1. The van der Waals surface area contributed by atoms with Crippen LogP contribution in [0.5, 0.6) is 0 Å². The maximum Gasteiger partial charge on any atom is 0.0506 e. The van der Waals surface area contributed by atoms with Gasteiger partial charge >= 0.3 is 0 Å². The van der Waals surface area contributed by atoms with Gasteiger partial charge in [0.2, 0.25) is 0 Å². The van der Waals surface area contributed by atoms with Crippen LogP contribution in [0.2, 0.25) is 0 Å². The molecule has 0 fully saturated rings. The summed E-state index contributed by atoms with van der Waals surface area (Å²) >= 11 is 1.76. The summed E-state index contributed by atoms with van der Waals surface area (Å²) in [5.74, 6) is 0.921. The summed E-state index contributed by atoms with van der Waals surface area (Å²) in [5.41, 5.74) is 2.35. The van der Waals surface area contributed by atoms with Crippen LogP contribution in [0.3, 0.4) is 0 Å². The fourth-order valence-corrected chi connectivity index (χ4v) is 2.00. The summed E-state index contributed by atoms with van der Waals surface area (Å²) in [6.07, 6.45) is 3.95. The van der Waals surface area contributed by atoms with Crippen molar-refractivity contribution in [3.05, 3.63) is 71.4 Å². The van der Waals surface area contributed by atoms with Crippen LogP contribution in [0.1, 0.15) is 11.3 Å². The highest BCUT2D eigenvalue weighted by atomic mass is 32.2. The number of pyridine rings is 1. The molecule has 0 spiro atoms. The zero-order chi connectivity index (χ0) is 11.1. The summed E-state index contributed by atoms with van der Waals surface area (Å²) in [5, 5.41) is 2.12. The number of aromatic nitrogens is 1. The molecule has 0 unspecified atom stereocenters. The van der Waals surface area contributed by atoms with E-state index in [0.717, 1.165) is 11.4 Å². The third-order valence-corrected chi connectivity index (χ3v) is 2.90. The van der Waals surface area contributed by atoms with E-state index < -0.39 is 0 Å². The second-order valence-electron chi connectivity index (χ2n) is 3.35. The molecule has 0 aliphatic rings. The Morgan fingerprint density at radius 1 is 1.00 bits per heavy atom. The molecule has 0 aliphatic heterocycles. The van der Waals surface area contributed by atoms with Crippen molar-refractivity contribution in [2.45, 2.75) is 5.75 Å². The molecule has 0 aliphatic carbocycles. The first-order valence-corrected chi connectivity index (χ1v) is 6.23. The third-order valence-electron chi connectivity index (χ3n) is 2.11. The van der Waals surface area contributed by atoms with Gasteiger partial charge in [0.1, 0.15) is 0 Å². The van der Waals surface area contributed by atoms with Gasteiger partial charge in [0.25, 0.3) is 0 Å². The number of hydrogen-bond acceptors (Lipinski definition) is 2. The first kappa shape index (κ1) is 11.0. The molecule has 1 aromatic carbocycles. The summed E-state index contributed by atoms with van der Waals surface area (Å²) < 4.78 is 0. The quantitative estimate of drug-likeness (QED) is 0.783. The molecule has 0 saturated heterocycles. The topological polar surface area (TPSA) is 12.9 Å². The molecular weight excluding hydrogens is 214 g/mol. The molecule has 2 aromatic rings. The van der Waals surface area contributed by atoms with E-state index in [9.17, 15) is 0 Å². The lowest BCUT2D eigenvalue weighted by molar-refractivity contribution is 1.18. The van der Waals surface area contributed by atoms with E-state index in [1.54, 1.807) is 11.8 Å². The second-order valence-corrected chi connectivity index (χ2v) is 4.24. The molecule has 2 heteroatoms. The van der Waals surface area contributed by atoms with E-state index in [2.05, 4.69) is 28.6 Å². The molecule has 1 nitrogen and oxygen atoms in total. The highest BCUT2D eigenvalue weighted by Gasteiger charge is 1.90. The van der Waals surface area contributed by atoms with E-state index in [-0.39, 0.29) is 0 Å². The van der Waals surface area contributed by atoms with Crippen LogP contribution in [0, 0.1) is 0 Å². The molecule has 0 radical (unpaired) electrons. The lowest BCUT2D eigenvalue weighted by Gasteiger charge is -1.95. The highest BCUT2D eigenvalue weighted by Crippen LogP contribution is 2.13. The first-order chi connectivity index (χ1) is 7.95.